The third-order valence-electron chi connectivity index (χ3n) is 14.1. The molecule has 0 spiro atoms. The molecule has 4 aliphatic rings. The van der Waals surface area contributed by atoms with Crippen molar-refractivity contribution in [1.82, 2.24) is 0 Å². The fourth-order valence-electron chi connectivity index (χ4n) is 8.39. The van der Waals surface area contributed by atoms with Crippen LogP contribution in [0.4, 0.5) is 0 Å². The largest absolute Gasteiger partial charge is 0.550 e. The van der Waals surface area contributed by atoms with Crippen LogP contribution in [0.2, 0.25) is 55.9 Å². The zero-order valence-electron chi connectivity index (χ0n) is 41.0. The maximum atomic E-state index is 10.5. The predicted octanol–water partition coefficient (Wildman–Crippen LogP) is 12.9. The van der Waals surface area contributed by atoms with E-state index in [1.54, 1.807) is 14.2 Å². The van der Waals surface area contributed by atoms with E-state index in [1.165, 1.54) is 44.1 Å². The molecule has 2 unspecified atom stereocenters. The van der Waals surface area contributed by atoms with Crippen molar-refractivity contribution in [3.8, 4) is 0 Å². The summed E-state index contributed by atoms with van der Waals surface area (Å²) in [5.74, 6) is 1.29. The smallest absolute Gasteiger partial charge is 0.241 e. The topological polar surface area (TPSA) is 84.8 Å². The number of hydrogen-bond donors (Lipinski definition) is 1. The minimum Gasteiger partial charge on any atom is -0.550 e. The van der Waals surface area contributed by atoms with E-state index < -0.39 is 25.0 Å². The van der Waals surface area contributed by atoms with Crippen LogP contribution in [0.5, 0.6) is 0 Å². The lowest BCUT2D eigenvalue weighted by Crippen LogP contribution is -2.43. The third-order valence-corrected chi connectivity index (χ3v) is 24.0. The molecule has 0 aromatic carbocycles. The van der Waals surface area contributed by atoms with E-state index in [0.717, 1.165) is 32.1 Å². The van der Waals surface area contributed by atoms with Crippen molar-refractivity contribution in [3.05, 3.63) is 36.1 Å². The number of rotatable bonds is 20. The van der Waals surface area contributed by atoms with Gasteiger partial charge in [0.1, 0.15) is 0 Å². The fourth-order valence-corrected chi connectivity index (χ4v) is 11.5. The van der Waals surface area contributed by atoms with E-state index >= 15 is 0 Å². The molecule has 2 saturated heterocycles. The van der Waals surface area contributed by atoms with Gasteiger partial charge in [0, 0.05) is 51.2 Å². The number of ether oxygens (including phenoxy) is 4. The summed E-state index contributed by atoms with van der Waals surface area (Å²) in [6.07, 6.45) is 24.5. The quantitative estimate of drug-likeness (QED) is 0.0560. The highest BCUT2D eigenvalue weighted by Gasteiger charge is 2.49. The van der Waals surface area contributed by atoms with Crippen molar-refractivity contribution in [3.63, 3.8) is 0 Å². The molecule has 0 amide bonds. The Balaban J connectivity index is 0.000000320. The molecule has 0 bridgehead atoms. The van der Waals surface area contributed by atoms with Gasteiger partial charge in [0.2, 0.25) is 8.32 Å². The van der Waals surface area contributed by atoms with E-state index in [9.17, 15) is 5.11 Å². The second-order valence-electron chi connectivity index (χ2n) is 22.1. The zero-order valence-corrected chi connectivity index (χ0v) is 44.0. The highest BCUT2D eigenvalue weighted by Crippen LogP contribution is 2.48. The Bertz CT molecular complexity index is 1330. The van der Waals surface area contributed by atoms with Gasteiger partial charge in [-0.25, -0.2) is 0 Å². The molecular formula is C48H92O8Si3. The van der Waals surface area contributed by atoms with Crippen LogP contribution in [-0.4, -0.2) is 87.4 Å². The van der Waals surface area contributed by atoms with Crippen LogP contribution in [0.1, 0.15) is 132 Å². The number of methoxy groups -OCH3 is 2. The van der Waals surface area contributed by atoms with Gasteiger partial charge in [-0.15, -0.1) is 0 Å². The molecule has 4 fully saturated rings. The molecule has 0 aromatic heterocycles. The lowest BCUT2D eigenvalue weighted by atomic mass is 9.90. The number of aliphatic hydroxyl groups is 1. The fraction of sp³-hybridized carbons (Fsp3) is 0.875. The molecule has 11 heteroatoms. The average Bonchev–Trinajstić information content (AvgIpc) is 3.87. The lowest BCUT2D eigenvalue weighted by Gasteiger charge is -2.39. The summed E-state index contributed by atoms with van der Waals surface area (Å²) in [6.45, 7) is 34.4. The summed E-state index contributed by atoms with van der Waals surface area (Å²) >= 11 is 0. The minimum absolute atomic E-state index is 0.0795. The van der Waals surface area contributed by atoms with E-state index in [-0.39, 0.29) is 59.1 Å². The standard InChI is InChI=1S/C26H50O4Si2.C22H42O4Si/c1-11-12-13-14-21(30-32(9,10)26(2,3)4)15-16-22-20(19-28-31(6,7)8)17-24-23(22)18-25(27-5)29-24;1-8-9-10-11-16(26-27(6,7)22(2,3)4)12-13-17-18-14-21(24-5)25-20(18)15-19(17)23/h15-16,19,21-25H,11-14,17-18H2,1-10H3;12-13,16-21,23H,8-11,14-15H2,1-7H3/b16-15+,20-19?;13-12+/t21-,22-,23+,24-,25?;16-,17+,18+,19+,20-,21?/m00/s1. The maximum absolute atomic E-state index is 10.5. The number of allylic oxidation sites excluding steroid dienone is 1. The average molecular weight is 882 g/mol. The van der Waals surface area contributed by atoms with Crippen LogP contribution in [0.25, 0.3) is 0 Å². The van der Waals surface area contributed by atoms with Gasteiger partial charge >= 0.3 is 0 Å². The third kappa shape index (κ3) is 15.9. The molecule has 2 aliphatic heterocycles. The molecule has 4 rings (SSSR count). The van der Waals surface area contributed by atoms with Gasteiger partial charge in [-0.1, -0.05) is 118 Å². The molecule has 59 heavy (non-hydrogen) atoms. The monoisotopic (exact) mass is 881 g/mol. The van der Waals surface area contributed by atoms with Crippen LogP contribution in [-0.2, 0) is 32.2 Å². The molecule has 2 heterocycles. The molecular weight excluding hydrogens is 789 g/mol. The number of aliphatic hydroxyl groups excluding tert-OH is 1. The Morgan fingerprint density at radius 1 is 0.678 bits per heavy atom. The van der Waals surface area contributed by atoms with Crippen LogP contribution < -0.4 is 0 Å². The summed E-state index contributed by atoms with van der Waals surface area (Å²) in [4.78, 5) is 0. The first kappa shape index (κ1) is 52.7. The summed E-state index contributed by atoms with van der Waals surface area (Å²) in [5.41, 5.74) is 1.37. The minimum atomic E-state index is -1.83. The summed E-state index contributed by atoms with van der Waals surface area (Å²) in [7, 11) is -1.83. The molecule has 8 nitrogen and oxygen atoms in total. The van der Waals surface area contributed by atoms with Crippen LogP contribution in [0.3, 0.4) is 0 Å². The van der Waals surface area contributed by atoms with Crippen molar-refractivity contribution >= 4 is 25.0 Å². The summed E-state index contributed by atoms with van der Waals surface area (Å²) in [6, 6.07) is 0. The summed E-state index contributed by atoms with van der Waals surface area (Å²) in [5, 5.41) is 11.0. The molecule has 11 atom stereocenters. The second kappa shape index (κ2) is 22.8. The first-order chi connectivity index (χ1) is 27.4. The Morgan fingerprint density at radius 3 is 1.61 bits per heavy atom. The van der Waals surface area contributed by atoms with Crippen LogP contribution >= 0.6 is 0 Å². The van der Waals surface area contributed by atoms with Gasteiger partial charge in [-0.3, -0.25) is 0 Å². The van der Waals surface area contributed by atoms with Crippen molar-refractivity contribution in [2.45, 2.75) is 231 Å². The normalized spacial score (nSPS) is 30.9. The van der Waals surface area contributed by atoms with E-state index in [2.05, 4.69) is 132 Å². The van der Waals surface area contributed by atoms with E-state index in [0.29, 0.717) is 24.2 Å². The highest BCUT2D eigenvalue weighted by atomic mass is 28.4. The Labute approximate surface area is 366 Å². The van der Waals surface area contributed by atoms with Gasteiger partial charge in [0.25, 0.3) is 0 Å². The van der Waals surface area contributed by atoms with E-state index in [1.807, 2.05) is 0 Å². The Kier molecular flexibility index (Phi) is 20.4. The molecule has 1 N–H and O–H groups in total. The van der Waals surface area contributed by atoms with Crippen molar-refractivity contribution in [2.75, 3.05) is 14.2 Å². The van der Waals surface area contributed by atoms with Gasteiger partial charge in [-0.05, 0) is 86.7 Å². The van der Waals surface area contributed by atoms with Crippen LogP contribution in [0.15, 0.2) is 36.1 Å². The Hall–Kier alpha value is -0.609. The zero-order chi connectivity index (χ0) is 44.4. The Morgan fingerprint density at radius 2 is 1.15 bits per heavy atom. The van der Waals surface area contributed by atoms with E-state index in [4.69, 9.17) is 32.2 Å². The molecule has 2 aliphatic carbocycles. The van der Waals surface area contributed by atoms with Gasteiger partial charge in [-0.2, -0.15) is 0 Å². The second-order valence-corrected chi connectivity index (χ2v) is 36.1. The van der Waals surface area contributed by atoms with Gasteiger partial charge in [0.05, 0.1) is 36.8 Å². The van der Waals surface area contributed by atoms with Crippen molar-refractivity contribution < 1.29 is 37.3 Å². The maximum Gasteiger partial charge on any atom is 0.241 e. The number of unbranched alkanes of at least 4 members (excludes halogenated alkanes) is 4. The first-order valence-corrected chi connectivity index (χ1v) is 32.7. The predicted molar refractivity (Wildman–Crippen MR) is 253 cm³/mol. The molecule has 0 radical (unpaired) electrons. The van der Waals surface area contributed by atoms with Gasteiger partial charge in [0.15, 0.2) is 29.2 Å². The molecule has 0 aromatic rings. The first-order valence-electron chi connectivity index (χ1n) is 23.5. The summed E-state index contributed by atoms with van der Waals surface area (Å²) < 4.78 is 42.8. The molecule has 344 valence electrons. The van der Waals surface area contributed by atoms with Crippen molar-refractivity contribution in [2.24, 2.45) is 23.7 Å². The SMILES string of the molecule is CCCCC[C@@H](/C=C/[C@@H]1[C@H]2CC(OC)O[C@H]2C[C@H]1O)O[Si](C)(C)C(C)(C)C.CCCCC[C@@H](/C=C/[C@H]1C(=CO[Si](C)(C)C)C[C@@H]2OC(OC)C[C@@H]21)O[Si](C)(C)C(C)(C)C. The van der Waals surface area contributed by atoms with Crippen molar-refractivity contribution in [1.29, 1.82) is 0 Å². The molecule has 2 saturated carbocycles. The number of hydrogen-bond acceptors (Lipinski definition) is 8. The van der Waals surface area contributed by atoms with Crippen LogP contribution in [0, 0.1) is 23.7 Å². The van der Waals surface area contributed by atoms with Gasteiger partial charge < -0.3 is 37.3 Å². The highest BCUT2D eigenvalue weighted by molar-refractivity contribution is 6.74. The number of fused-ring (bicyclic) bond motifs is 2. The lowest BCUT2D eigenvalue weighted by molar-refractivity contribution is -0.118.